The van der Waals surface area contributed by atoms with Gasteiger partial charge in [0.15, 0.2) is 11.9 Å². The number of aromatic nitrogens is 3. The lowest BCUT2D eigenvalue weighted by atomic mass is 9.99. The van der Waals surface area contributed by atoms with Crippen LogP contribution in [0.4, 0.5) is 0 Å². The van der Waals surface area contributed by atoms with Crippen molar-refractivity contribution in [3.05, 3.63) is 35.0 Å². The van der Waals surface area contributed by atoms with Gasteiger partial charge in [-0.25, -0.2) is 9.97 Å². The molecule has 2 aromatic heterocycles. The number of nitrogens with zero attached hydrogens (tertiary/aromatic N) is 3. The van der Waals surface area contributed by atoms with E-state index < -0.39 is 12.3 Å². The molecular weight excluding hydrogens is 258 g/mol. The predicted octanol–water partition coefficient (Wildman–Crippen LogP) is 1.10. The molecule has 0 unspecified atom stereocenters. The van der Waals surface area contributed by atoms with Crippen molar-refractivity contribution in [3.8, 4) is 0 Å². The second kappa shape index (κ2) is 4.96. The first kappa shape index (κ1) is 13.2. The van der Waals surface area contributed by atoms with Gasteiger partial charge in [-0.1, -0.05) is 13.8 Å². The maximum atomic E-state index is 12.5. The highest BCUT2D eigenvalue weighted by Gasteiger charge is 2.41. The molecule has 1 fully saturated rings. The van der Waals surface area contributed by atoms with Gasteiger partial charge in [0.1, 0.15) is 12.4 Å². The first-order valence-electron chi connectivity index (χ1n) is 6.79. The summed E-state index contributed by atoms with van der Waals surface area (Å²) in [6.45, 7) is 3.93. The van der Waals surface area contributed by atoms with Crippen LogP contribution in [0.1, 0.15) is 26.5 Å². The molecule has 1 aliphatic heterocycles. The standard InChI is InChI=1S/C14H17N3O3/c1-3-10-8(2)11(18)14(20-10)17-7-16-12-9(13(17)19)5-4-6-15-12/h4-8,10-11,14,18H,3H2,1-2H3/t8-,10-,11-,14-/m1/s1. The van der Waals surface area contributed by atoms with Crippen LogP contribution in [0.5, 0.6) is 0 Å². The van der Waals surface area contributed by atoms with Gasteiger partial charge >= 0.3 is 0 Å². The van der Waals surface area contributed by atoms with Crippen molar-refractivity contribution >= 4 is 11.0 Å². The molecule has 6 nitrogen and oxygen atoms in total. The molecule has 3 rings (SSSR count). The van der Waals surface area contributed by atoms with Gasteiger partial charge in [-0.3, -0.25) is 9.36 Å². The van der Waals surface area contributed by atoms with Gasteiger partial charge in [-0.05, 0) is 18.6 Å². The van der Waals surface area contributed by atoms with E-state index >= 15 is 0 Å². The first-order chi connectivity index (χ1) is 9.63. The van der Waals surface area contributed by atoms with Gasteiger partial charge in [0.05, 0.1) is 11.5 Å². The summed E-state index contributed by atoms with van der Waals surface area (Å²) in [5.74, 6) is -0.0125. The third-order valence-corrected chi connectivity index (χ3v) is 3.96. The average molecular weight is 275 g/mol. The lowest BCUT2D eigenvalue weighted by Gasteiger charge is -2.17. The quantitative estimate of drug-likeness (QED) is 0.888. The molecule has 1 N–H and O–H groups in total. The van der Waals surface area contributed by atoms with Crippen molar-refractivity contribution in [2.24, 2.45) is 5.92 Å². The Labute approximate surface area is 116 Å². The second-order valence-electron chi connectivity index (χ2n) is 5.15. The molecule has 0 bridgehead atoms. The molecule has 6 heteroatoms. The van der Waals surface area contributed by atoms with Gasteiger partial charge in [-0.2, -0.15) is 0 Å². The molecule has 0 amide bonds. The lowest BCUT2D eigenvalue weighted by molar-refractivity contribution is -0.0399. The summed E-state index contributed by atoms with van der Waals surface area (Å²) in [7, 11) is 0. The van der Waals surface area contributed by atoms with E-state index in [0.29, 0.717) is 11.0 Å². The average Bonchev–Trinajstić information content (AvgIpc) is 2.76. The Morgan fingerprint density at radius 1 is 1.45 bits per heavy atom. The fourth-order valence-electron chi connectivity index (χ4n) is 2.72. The zero-order valence-corrected chi connectivity index (χ0v) is 11.4. The Balaban J connectivity index is 2.07. The Hall–Kier alpha value is -1.79. The molecule has 106 valence electrons. The van der Waals surface area contributed by atoms with E-state index in [-0.39, 0.29) is 17.6 Å². The summed E-state index contributed by atoms with van der Waals surface area (Å²) in [6, 6.07) is 3.37. The van der Waals surface area contributed by atoms with E-state index in [1.807, 2.05) is 13.8 Å². The number of rotatable bonds is 2. The topological polar surface area (TPSA) is 77.2 Å². The number of aliphatic hydroxyl groups is 1. The fourth-order valence-corrected chi connectivity index (χ4v) is 2.72. The fraction of sp³-hybridized carbons (Fsp3) is 0.500. The van der Waals surface area contributed by atoms with Crippen LogP contribution < -0.4 is 5.56 Å². The number of hydrogen-bond acceptors (Lipinski definition) is 5. The summed E-state index contributed by atoms with van der Waals surface area (Å²) < 4.78 is 7.17. The molecule has 4 atom stereocenters. The molecule has 0 aromatic carbocycles. The normalized spacial score (nSPS) is 29.9. The van der Waals surface area contributed by atoms with Gasteiger partial charge < -0.3 is 9.84 Å². The van der Waals surface area contributed by atoms with Crippen molar-refractivity contribution in [1.82, 2.24) is 14.5 Å². The van der Waals surface area contributed by atoms with Crippen LogP contribution in [0.2, 0.25) is 0 Å². The van der Waals surface area contributed by atoms with Crippen LogP contribution in [-0.4, -0.2) is 31.8 Å². The van der Waals surface area contributed by atoms with Gasteiger partial charge in [0.2, 0.25) is 0 Å². The van der Waals surface area contributed by atoms with Gasteiger partial charge in [0, 0.05) is 12.1 Å². The molecule has 2 aromatic rings. The van der Waals surface area contributed by atoms with E-state index in [0.717, 1.165) is 6.42 Å². The minimum Gasteiger partial charge on any atom is -0.388 e. The van der Waals surface area contributed by atoms with Crippen LogP contribution in [0, 0.1) is 5.92 Å². The van der Waals surface area contributed by atoms with E-state index in [4.69, 9.17) is 4.74 Å². The highest BCUT2D eigenvalue weighted by Crippen LogP contribution is 2.34. The number of ether oxygens (including phenoxy) is 1. The van der Waals surface area contributed by atoms with Crippen LogP contribution in [0.25, 0.3) is 11.0 Å². The minimum absolute atomic E-state index is 0.0125. The second-order valence-corrected chi connectivity index (χ2v) is 5.15. The van der Waals surface area contributed by atoms with Crippen LogP contribution in [0.3, 0.4) is 0 Å². The van der Waals surface area contributed by atoms with Gasteiger partial charge in [-0.15, -0.1) is 0 Å². The number of fused-ring (bicyclic) bond motifs is 1. The molecule has 1 aliphatic rings. The molecule has 0 saturated carbocycles. The smallest absolute Gasteiger partial charge is 0.265 e. The lowest BCUT2D eigenvalue weighted by Crippen LogP contribution is -2.32. The molecule has 20 heavy (non-hydrogen) atoms. The van der Waals surface area contributed by atoms with E-state index in [2.05, 4.69) is 9.97 Å². The largest absolute Gasteiger partial charge is 0.388 e. The van der Waals surface area contributed by atoms with Crippen molar-refractivity contribution in [1.29, 1.82) is 0 Å². The first-order valence-corrected chi connectivity index (χ1v) is 6.79. The van der Waals surface area contributed by atoms with Crippen LogP contribution >= 0.6 is 0 Å². The molecule has 0 radical (unpaired) electrons. The summed E-state index contributed by atoms with van der Waals surface area (Å²) in [6.07, 6.45) is 2.34. The zero-order chi connectivity index (χ0) is 14.3. The Bertz CT molecular complexity index is 685. The van der Waals surface area contributed by atoms with E-state index in [1.165, 1.54) is 10.9 Å². The third kappa shape index (κ3) is 1.92. The number of aliphatic hydroxyl groups excluding tert-OH is 1. The summed E-state index contributed by atoms with van der Waals surface area (Å²) in [5, 5.41) is 10.7. The number of hydrogen-bond donors (Lipinski definition) is 1. The molecule has 0 spiro atoms. The predicted molar refractivity (Wildman–Crippen MR) is 73.2 cm³/mol. The van der Waals surface area contributed by atoms with E-state index in [9.17, 15) is 9.90 Å². The third-order valence-electron chi connectivity index (χ3n) is 3.96. The Morgan fingerprint density at radius 3 is 2.95 bits per heavy atom. The Morgan fingerprint density at radius 2 is 2.25 bits per heavy atom. The highest BCUT2D eigenvalue weighted by molar-refractivity contribution is 5.72. The van der Waals surface area contributed by atoms with Crippen molar-refractivity contribution in [2.75, 3.05) is 0 Å². The summed E-state index contributed by atoms with van der Waals surface area (Å²) >= 11 is 0. The monoisotopic (exact) mass is 275 g/mol. The SMILES string of the molecule is CC[C@H]1O[C@@H](n2cnc3ncccc3c2=O)[C@H](O)[C@@H]1C. The van der Waals surface area contributed by atoms with Crippen LogP contribution in [0.15, 0.2) is 29.5 Å². The molecular formula is C14H17N3O3. The van der Waals surface area contributed by atoms with Crippen molar-refractivity contribution < 1.29 is 9.84 Å². The van der Waals surface area contributed by atoms with Crippen LogP contribution in [-0.2, 0) is 4.74 Å². The van der Waals surface area contributed by atoms with E-state index in [1.54, 1.807) is 18.3 Å². The molecule has 3 heterocycles. The van der Waals surface area contributed by atoms with Gasteiger partial charge in [0.25, 0.3) is 5.56 Å². The summed E-state index contributed by atoms with van der Waals surface area (Å²) in [5.41, 5.74) is 0.164. The highest BCUT2D eigenvalue weighted by atomic mass is 16.5. The van der Waals surface area contributed by atoms with Crippen molar-refractivity contribution in [2.45, 2.75) is 38.7 Å². The molecule has 1 saturated heterocycles. The maximum absolute atomic E-state index is 12.5. The Kier molecular flexibility index (Phi) is 3.27. The minimum atomic E-state index is -0.714. The van der Waals surface area contributed by atoms with Crippen molar-refractivity contribution in [3.63, 3.8) is 0 Å². The number of pyridine rings is 1. The zero-order valence-electron chi connectivity index (χ0n) is 11.4. The summed E-state index contributed by atoms with van der Waals surface area (Å²) in [4.78, 5) is 20.7. The maximum Gasteiger partial charge on any atom is 0.265 e. The molecule has 0 aliphatic carbocycles.